The van der Waals surface area contributed by atoms with Crippen LogP contribution in [0.15, 0.2) is 47.4 Å². The average molecular weight is 561 g/mol. The van der Waals surface area contributed by atoms with E-state index in [-0.39, 0.29) is 24.0 Å². The van der Waals surface area contributed by atoms with Gasteiger partial charge < -0.3 is 24.2 Å². The Balaban J connectivity index is 1.47. The number of anilines is 1. The summed E-state index contributed by atoms with van der Waals surface area (Å²) in [7, 11) is -2.11. The molecule has 2 aliphatic heterocycles. The van der Waals surface area contributed by atoms with Crippen molar-refractivity contribution in [2.45, 2.75) is 63.2 Å². The molecule has 1 fully saturated rings. The molecule has 0 saturated carbocycles. The second-order valence-electron chi connectivity index (χ2n) is 10.5. The van der Waals surface area contributed by atoms with Crippen LogP contribution >= 0.6 is 0 Å². The van der Waals surface area contributed by atoms with Crippen molar-refractivity contribution in [1.82, 2.24) is 4.31 Å². The zero-order valence-corrected chi connectivity index (χ0v) is 23.9. The normalized spacial score (nSPS) is 20.7. The highest BCUT2D eigenvalue weighted by molar-refractivity contribution is 7.89. The second kappa shape index (κ2) is 13.1. The predicted molar refractivity (Wildman–Crippen MR) is 149 cm³/mol. The summed E-state index contributed by atoms with van der Waals surface area (Å²) in [6.45, 7) is 7.09. The fourth-order valence-corrected chi connectivity index (χ4v) is 6.94. The van der Waals surface area contributed by atoms with Crippen LogP contribution in [0.25, 0.3) is 0 Å². The van der Waals surface area contributed by atoms with Gasteiger partial charge in [0.15, 0.2) is 0 Å². The van der Waals surface area contributed by atoms with Crippen LogP contribution in [0.2, 0.25) is 0 Å². The van der Waals surface area contributed by atoms with Gasteiger partial charge in [0.05, 0.1) is 35.8 Å². The van der Waals surface area contributed by atoms with Gasteiger partial charge in [0.25, 0.3) is 0 Å². The fourth-order valence-electron chi connectivity index (χ4n) is 5.24. The van der Waals surface area contributed by atoms with E-state index >= 15 is 0 Å². The third-order valence-corrected chi connectivity index (χ3v) is 9.47. The van der Waals surface area contributed by atoms with Crippen molar-refractivity contribution < 1.29 is 32.5 Å². The summed E-state index contributed by atoms with van der Waals surface area (Å²) in [5.74, 6) is -0.715. The molecular formula is C29H40N2O7S. The number of hydrogen-bond donors (Lipinski definition) is 1. The number of carboxylic acids is 1. The molecule has 0 spiro atoms. The van der Waals surface area contributed by atoms with Crippen LogP contribution in [0.3, 0.4) is 0 Å². The van der Waals surface area contributed by atoms with E-state index in [2.05, 4.69) is 11.0 Å². The number of aliphatic carboxylic acids is 1. The number of piperidine rings is 1. The molecule has 1 unspecified atom stereocenters. The van der Waals surface area contributed by atoms with Crippen LogP contribution in [-0.4, -0.2) is 75.9 Å². The molecule has 0 radical (unpaired) electrons. The second-order valence-corrected chi connectivity index (χ2v) is 12.4. The van der Waals surface area contributed by atoms with E-state index in [0.717, 1.165) is 42.1 Å². The number of hydrogen-bond acceptors (Lipinski definition) is 7. The van der Waals surface area contributed by atoms with E-state index in [1.807, 2.05) is 19.1 Å². The summed E-state index contributed by atoms with van der Waals surface area (Å²) < 4.78 is 46.1. The maximum Gasteiger partial charge on any atom is 0.306 e. The molecule has 0 bridgehead atoms. The lowest BCUT2D eigenvalue weighted by atomic mass is 9.94. The first-order valence-electron chi connectivity index (χ1n) is 13.6. The number of methoxy groups -OCH3 is 1. The molecule has 1 saturated heterocycles. The molecule has 1 N–H and O–H groups in total. The summed E-state index contributed by atoms with van der Waals surface area (Å²) in [5.41, 5.74) is 3.00. The van der Waals surface area contributed by atoms with E-state index in [9.17, 15) is 18.3 Å². The number of rotatable bonds is 12. The number of ether oxygens (including phenoxy) is 3. The number of fused-ring (bicyclic) bond motifs is 1. The molecule has 9 nitrogen and oxygen atoms in total. The van der Waals surface area contributed by atoms with Gasteiger partial charge in [-0.1, -0.05) is 30.7 Å². The first-order chi connectivity index (χ1) is 18.7. The van der Waals surface area contributed by atoms with Gasteiger partial charge in [-0.3, -0.25) is 4.79 Å². The maximum atomic E-state index is 13.7. The molecule has 10 heteroatoms. The quantitative estimate of drug-likeness (QED) is 0.387. The lowest BCUT2D eigenvalue weighted by Crippen LogP contribution is -2.50. The van der Waals surface area contributed by atoms with Crippen LogP contribution in [0.4, 0.5) is 5.69 Å². The van der Waals surface area contributed by atoms with Crippen molar-refractivity contribution in [2.75, 3.05) is 44.9 Å². The summed E-state index contributed by atoms with van der Waals surface area (Å²) in [5, 5.41) is 9.46. The van der Waals surface area contributed by atoms with Crippen molar-refractivity contribution in [2.24, 2.45) is 5.92 Å². The molecule has 2 aromatic carbocycles. The lowest BCUT2D eigenvalue weighted by Gasteiger charge is -2.39. The Morgan fingerprint density at radius 2 is 1.95 bits per heavy atom. The number of benzene rings is 2. The smallest absolute Gasteiger partial charge is 0.306 e. The molecule has 2 heterocycles. The van der Waals surface area contributed by atoms with Crippen molar-refractivity contribution in [1.29, 1.82) is 0 Å². The highest BCUT2D eigenvalue weighted by atomic mass is 32.2. The van der Waals surface area contributed by atoms with E-state index in [1.165, 1.54) is 4.31 Å². The molecule has 214 valence electrons. The third-order valence-electron chi connectivity index (χ3n) is 7.53. The number of carboxylic acid groups (broad SMARTS) is 1. The minimum Gasteiger partial charge on any atom is -0.490 e. The Labute approximate surface area is 231 Å². The molecule has 0 amide bonds. The highest BCUT2D eigenvalue weighted by Gasteiger charge is 2.38. The summed E-state index contributed by atoms with van der Waals surface area (Å²) in [6, 6.07) is 12.4. The average Bonchev–Trinajstić information content (AvgIpc) is 2.92. The minimum absolute atomic E-state index is 0.185. The zero-order valence-electron chi connectivity index (χ0n) is 23.0. The Morgan fingerprint density at radius 3 is 2.67 bits per heavy atom. The molecule has 0 aliphatic carbocycles. The minimum atomic E-state index is -3.82. The highest BCUT2D eigenvalue weighted by Crippen LogP contribution is 2.34. The van der Waals surface area contributed by atoms with Crippen LogP contribution in [0.5, 0.6) is 5.75 Å². The maximum absolute atomic E-state index is 13.7. The van der Waals surface area contributed by atoms with Crippen LogP contribution in [-0.2, 0) is 30.9 Å². The Bertz CT molecular complexity index is 1220. The van der Waals surface area contributed by atoms with Gasteiger partial charge in [-0.25, -0.2) is 8.42 Å². The van der Waals surface area contributed by atoms with Crippen LogP contribution < -0.4 is 9.64 Å². The zero-order chi connectivity index (χ0) is 28.0. The Kier molecular flexibility index (Phi) is 9.87. The predicted octanol–water partition coefficient (Wildman–Crippen LogP) is 4.08. The number of carbonyl (C=O) groups is 1. The molecular weight excluding hydrogens is 520 g/mol. The molecule has 0 aromatic heterocycles. The van der Waals surface area contributed by atoms with E-state index < -0.39 is 28.0 Å². The van der Waals surface area contributed by atoms with Crippen LogP contribution in [0.1, 0.15) is 43.7 Å². The molecule has 2 aliphatic rings. The molecule has 4 rings (SSSR count). The van der Waals surface area contributed by atoms with E-state index in [1.54, 1.807) is 38.3 Å². The fraction of sp³-hybridized carbons (Fsp3) is 0.552. The monoisotopic (exact) mass is 560 g/mol. The third kappa shape index (κ3) is 7.30. The van der Waals surface area contributed by atoms with Gasteiger partial charge in [0.2, 0.25) is 10.0 Å². The SMILES string of the molecule is COCCCN1CCOc2ccc(CO[C@@H]3CC[C@@H](CC(C)C(=O)O)N(S(=O)(=O)c4ccc(C)cc4)C3)cc21. The van der Waals surface area contributed by atoms with Gasteiger partial charge in [0, 0.05) is 32.8 Å². The van der Waals surface area contributed by atoms with Crippen molar-refractivity contribution >= 4 is 21.7 Å². The van der Waals surface area contributed by atoms with Gasteiger partial charge in [-0.15, -0.1) is 0 Å². The van der Waals surface area contributed by atoms with Gasteiger partial charge in [-0.05, 0) is 62.4 Å². The first kappa shape index (κ1) is 29.3. The van der Waals surface area contributed by atoms with E-state index in [0.29, 0.717) is 32.7 Å². The molecule has 3 atom stereocenters. The van der Waals surface area contributed by atoms with E-state index in [4.69, 9.17) is 14.2 Å². The first-order valence-corrected chi connectivity index (χ1v) is 15.1. The number of sulfonamides is 1. The number of nitrogens with zero attached hydrogens (tertiary/aromatic N) is 2. The summed E-state index contributed by atoms with van der Waals surface area (Å²) in [6.07, 6.45) is 2.08. The summed E-state index contributed by atoms with van der Waals surface area (Å²) >= 11 is 0. The summed E-state index contributed by atoms with van der Waals surface area (Å²) in [4.78, 5) is 14.1. The van der Waals surface area contributed by atoms with Crippen LogP contribution in [0, 0.1) is 12.8 Å². The Hall–Kier alpha value is -2.66. The number of aryl methyl sites for hydroxylation is 1. The largest absolute Gasteiger partial charge is 0.490 e. The van der Waals surface area contributed by atoms with Gasteiger partial charge in [0.1, 0.15) is 12.4 Å². The van der Waals surface area contributed by atoms with Gasteiger partial charge in [-0.2, -0.15) is 4.31 Å². The van der Waals surface area contributed by atoms with Crippen molar-refractivity contribution in [3.8, 4) is 5.75 Å². The lowest BCUT2D eigenvalue weighted by molar-refractivity contribution is -0.141. The molecule has 39 heavy (non-hydrogen) atoms. The van der Waals surface area contributed by atoms with Crippen molar-refractivity contribution in [3.05, 3.63) is 53.6 Å². The topological polar surface area (TPSA) is 106 Å². The Morgan fingerprint density at radius 1 is 1.18 bits per heavy atom. The standard InChI is InChI=1S/C29H40N2O7S/c1-21-5-10-26(11-6-21)39(34,35)31-19-25(9-8-24(31)17-22(2)29(32)33)38-20-23-7-12-28-27(18-23)30(14-16-37-28)13-4-15-36-3/h5-7,10-12,18,22,24-25H,4,8-9,13-17,19-20H2,1-3H3,(H,32,33)/t22?,24-,25+/m0/s1. The molecule has 2 aromatic rings. The van der Waals surface area contributed by atoms with Gasteiger partial charge >= 0.3 is 5.97 Å². The van der Waals surface area contributed by atoms with Crippen molar-refractivity contribution in [3.63, 3.8) is 0 Å².